The smallest absolute Gasteiger partial charge is 0.235 e. The van der Waals surface area contributed by atoms with Gasteiger partial charge in [0.1, 0.15) is 0 Å². The van der Waals surface area contributed by atoms with Gasteiger partial charge in [-0.1, -0.05) is 19.8 Å². The predicted molar refractivity (Wildman–Crippen MR) is 31.9 cm³/mol. The number of rotatable bonds is 4. The second kappa shape index (κ2) is 8.20. The topological polar surface area (TPSA) is 40.1 Å². The Morgan fingerprint density at radius 2 is 2.00 bits per heavy atom. The molecule has 0 rings (SSSR count). The fraction of sp³-hybridized carbons (Fsp3) is 0.833. The number of halogens is 1. The molecule has 0 saturated heterocycles. The second-order valence-electron chi connectivity index (χ2n) is 1.83. The van der Waals surface area contributed by atoms with E-state index in [1.54, 1.807) is 0 Å². The average molecular weight is 244 g/mol. The third-order valence-electron chi connectivity index (χ3n) is 0.984. The van der Waals surface area contributed by atoms with Crippen molar-refractivity contribution in [3.8, 4) is 0 Å². The van der Waals surface area contributed by atoms with Crippen LogP contribution in [-0.2, 0) is 4.79 Å². The highest BCUT2D eigenvalue weighted by molar-refractivity contribution is 5.63. The largest absolute Gasteiger partial charge is 0.550 e. The Balaban J connectivity index is 0. The van der Waals surface area contributed by atoms with E-state index in [9.17, 15) is 9.90 Å². The minimum Gasteiger partial charge on any atom is -0.550 e. The van der Waals surface area contributed by atoms with Crippen LogP contribution in [0.4, 0.5) is 0 Å². The molecule has 0 fully saturated rings. The zero-order valence-electron chi connectivity index (χ0n) is 5.59. The van der Waals surface area contributed by atoms with E-state index in [1.165, 1.54) is 0 Å². The molecule has 0 heterocycles. The van der Waals surface area contributed by atoms with Crippen molar-refractivity contribution >= 4 is 5.97 Å². The lowest BCUT2D eigenvalue weighted by atomic mass is 10.2. The summed E-state index contributed by atoms with van der Waals surface area (Å²) in [4.78, 5) is 9.76. The second-order valence-corrected chi connectivity index (χ2v) is 1.83. The first kappa shape index (κ1) is 11.9. The molecule has 9 heavy (non-hydrogen) atoms. The molecule has 56 valence electrons. The Bertz CT molecular complexity index is 73.5. The summed E-state index contributed by atoms with van der Waals surface area (Å²) in [5.41, 5.74) is 0. The van der Waals surface area contributed by atoms with E-state index < -0.39 is 5.97 Å². The van der Waals surface area contributed by atoms with Crippen molar-refractivity contribution in [3.05, 3.63) is 0 Å². The van der Waals surface area contributed by atoms with Gasteiger partial charge in [0.25, 0.3) is 0 Å². The Morgan fingerprint density at radius 1 is 1.44 bits per heavy atom. The van der Waals surface area contributed by atoms with Gasteiger partial charge in [-0.05, 0) is 12.8 Å². The Labute approximate surface area is 72.7 Å². The highest BCUT2D eigenvalue weighted by Gasteiger charge is 1.84. The standard InChI is InChI=1S/C6H12O2.H2I/c1-2-3-4-5-6(7)8;/h2-5H2,1H3,(H,7,8);1H2/q;+1/p-1. The molecule has 0 amide bonds. The number of hydrogen-bond acceptors (Lipinski definition) is 2. The van der Waals surface area contributed by atoms with Crippen molar-refractivity contribution in [3.63, 3.8) is 0 Å². The fourth-order valence-corrected chi connectivity index (χ4v) is 0.519. The molecule has 0 aromatic rings. The minimum absolute atomic E-state index is 0. The van der Waals surface area contributed by atoms with E-state index in [-0.39, 0.29) is 30.4 Å². The van der Waals surface area contributed by atoms with Gasteiger partial charge in [-0.15, -0.1) is 0 Å². The highest BCUT2D eigenvalue weighted by atomic mass is 127. The van der Waals surface area contributed by atoms with Crippen LogP contribution >= 0.6 is 0 Å². The van der Waals surface area contributed by atoms with Gasteiger partial charge in [0, 0.05) is 5.97 Å². The van der Waals surface area contributed by atoms with Crippen LogP contribution in [-0.4, -0.2) is 5.97 Å². The first-order valence-electron chi connectivity index (χ1n) is 2.97. The van der Waals surface area contributed by atoms with E-state index >= 15 is 0 Å². The number of carbonyl (C=O) groups excluding carboxylic acids is 1. The summed E-state index contributed by atoms with van der Waals surface area (Å²) in [5, 5.41) is 9.76. The molecule has 0 atom stereocenters. The SMILES string of the molecule is CCCCCC(=O)[O-].[IH2+]. The van der Waals surface area contributed by atoms with Gasteiger partial charge in [0.2, 0.25) is 24.0 Å². The summed E-state index contributed by atoms with van der Waals surface area (Å²) < 4.78 is 0. The van der Waals surface area contributed by atoms with E-state index in [0.717, 1.165) is 19.3 Å². The number of hydrogen-bond donors (Lipinski definition) is 0. The number of aliphatic carboxylic acids is 1. The van der Waals surface area contributed by atoms with Crippen LogP contribution in [0.1, 0.15) is 32.6 Å². The van der Waals surface area contributed by atoms with Gasteiger partial charge >= 0.3 is 0 Å². The molecule has 0 saturated carbocycles. The first-order chi connectivity index (χ1) is 3.77. The van der Waals surface area contributed by atoms with Crippen molar-refractivity contribution in [2.45, 2.75) is 32.6 Å². The zero-order chi connectivity index (χ0) is 6.41. The molecule has 0 aliphatic rings. The third-order valence-corrected chi connectivity index (χ3v) is 0.984. The molecule has 2 nitrogen and oxygen atoms in total. The first-order valence-corrected chi connectivity index (χ1v) is 2.97. The van der Waals surface area contributed by atoms with Crippen LogP contribution in [0.2, 0.25) is 0 Å². The van der Waals surface area contributed by atoms with Crippen molar-refractivity contribution in [2.75, 3.05) is 0 Å². The lowest BCUT2D eigenvalue weighted by molar-refractivity contribution is -0.305. The quantitative estimate of drug-likeness (QED) is 0.385. The maximum atomic E-state index is 9.76. The fourth-order valence-electron chi connectivity index (χ4n) is 0.519. The highest BCUT2D eigenvalue weighted by Crippen LogP contribution is 1.96. The summed E-state index contributed by atoms with van der Waals surface area (Å²) in [6, 6.07) is 0. The van der Waals surface area contributed by atoms with Crippen molar-refractivity contribution in [1.29, 1.82) is 0 Å². The normalized spacial score (nSPS) is 8.11. The lowest BCUT2D eigenvalue weighted by Crippen LogP contribution is -3.00. The van der Waals surface area contributed by atoms with Crippen LogP contribution in [0.5, 0.6) is 0 Å². The van der Waals surface area contributed by atoms with Gasteiger partial charge in [-0.25, -0.2) is 0 Å². The van der Waals surface area contributed by atoms with E-state index in [1.807, 2.05) is 6.92 Å². The van der Waals surface area contributed by atoms with Crippen LogP contribution in [0.3, 0.4) is 0 Å². The summed E-state index contributed by atoms with van der Waals surface area (Å²) in [7, 11) is 0. The number of carboxylic acid groups (broad SMARTS) is 1. The summed E-state index contributed by atoms with van der Waals surface area (Å²) >= 11 is 0. The van der Waals surface area contributed by atoms with Gasteiger partial charge in [-0.3, -0.25) is 0 Å². The number of carboxylic acids is 1. The van der Waals surface area contributed by atoms with E-state index in [0.29, 0.717) is 0 Å². The molecule has 0 aromatic carbocycles. The lowest BCUT2D eigenvalue weighted by Gasteiger charge is -1.97. The van der Waals surface area contributed by atoms with Gasteiger partial charge in [0.15, 0.2) is 0 Å². The van der Waals surface area contributed by atoms with Crippen molar-refractivity contribution < 1.29 is 33.9 Å². The van der Waals surface area contributed by atoms with Gasteiger partial charge < -0.3 is 9.90 Å². The zero-order valence-corrected chi connectivity index (χ0v) is 8.14. The Kier molecular flexibility index (Phi) is 10.9. The maximum absolute atomic E-state index is 9.76. The Hall–Kier alpha value is 0.200. The summed E-state index contributed by atoms with van der Waals surface area (Å²) in [5.74, 6) is -0.932. The minimum atomic E-state index is -0.932. The number of unbranched alkanes of at least 4 members (excludes halogenated alkanes) is 2. The molecular formula is C6H13IO2. The van der Waals surface area contributed by atoms with Crippen LogP contribution in [0.25, 0.3) is 0 Å². The van der Waals surface area contributed by atoms with Crippen LogP contribution in [0, 0.1) is 0 Å². The molecule has 0 bridgehead atoms. The molecule has 0 aromatic heterocycles. The summed E-state index contributed by atoms with van der Waals surface area (Å²) in [6.45, 7) is 2.04. The molecule has 0 unspecified atom stereocenters. The third kappa shape index (κ3) is 11.7. The molecule has 0 radical (unpaired) electrons. The summed E-state index contributed by atoms with van der Waals surface area (Å²) in [6.07, 6.45) is 3.04. The molecule has 0 N–H and O–H groups in total. The Morgan fingerprint density at radius 3 is 2.33 bits per heavy atom. The van der Waals surface area contributed by atoms with Crippen LogP contribution in [0.15, 0.2) is 0 Å². The molecule has 3 heteroatoms. The van der Waals surface area contributed by atoms with Crippen molar-refractivity contribution in [2.24, 2.45) is 0 Å². The molecular weight excluding hydrogens is 231 g/mol. The number of carbonyl (C=O) groups is 1. The van der Waals surface area contributed by atoms with Crippen LogP contribution < -0.4 is 29.1 Å². The monoisotopic (exact) mass is 244 g/mol. The molecule has 0 spiro atoms. The predicted octanol–water partition coefficient (Wildman–Crippen LogP) is -3.21. The van der Waals surface area contributed by atoms with E-state index in [4.69, 9.17) is 0 Å². The average Bonchev–Trinajstić information content (AvgIpc) is 1.66. The maximum Gasteiger partial charge on any atom is 0.235 e. The van der Waals surface area contributed by atoms with Gasteiger partial charge in [0.05, 0.1) is 0 Å². The van der Waals surface area contributed by atoms with Crippen molar-refractivity contribution in [1.82, 2.24) is 0 Å². The van der Waals surface area contributed by atoms with E-state index in [2.05, 4.69) is 0 Å². The molecule has 0 aliphatic carbocycles. The molecule has 0 aliphatic heterocycles. The van der Waals surface area contributed by atoms with Gasteiger partial charge in [-0.2, -0.15) is 0 Å².